The predicted molar refractivity (Wildman–Crippen MR) is 89.1 cm³/mol. The summed E-state index contributed by atoms with van der Waals surface area (Å²) in [6.45, 7) is 0. The van der Waals surface area contributed by atoms with Gasteiger partial charge in [0.05, 0.1) is 17.7 Å². The number of hydrogen-bond donors (Lipinski definition) is 1. The number of pyridine rings is 1. The third-order valence-corrected chi connectivity index (χ3v) is 4.05. The normalized spacial score (nSPS) is 11.3. The maximum atomic E-state index is 12.7. The lowest BCUT2D eigenvalue weighted by Crippen LogP contribution is -2.15. The fraction of sp³-hybridized carbons (Fsp3) is 0.118. The molecule has 0 fully saturated rings. The number of nitrogens with zero attached hydrogens (tertiary/aromatic N) is 2. The van der Waals surface area contributed by atoms with Crippen molar-refractivity contribution < 1.29 is 18.0 Å². The molecule has 0 atom stereocenters. The van der Waals surface area contributed by atoms with E-state index in [1.54, 1.807) is 23.7 Å². The minimum absolute atomic E-state index is 0.164. The van der Waals surface area contributed by atoms with Gasteiger partial charge in [0, 0.05) is 11.6 Å². The molecule has 0 spiro atoms. The largest absolute Gasteiger partial charge is 0.416 e. The van der Waals surface area contributed by atoms with E-state index >= 15 is 0 Å². The number of alkyl halides is 3. The first kappa shape index (κ1) is 17.1. The standard InChI is InChI=1S/C17H12F3N3OS/c18-17(19,20)12-5-3-4-11(8-12)9-15(24)23-16-22-14(10-25-16)13-6-1-2-7-21-13/h1-8,10H,9H2,(H,22,23,24). The van der Waals surface area contributed by atoms with Gasteiger partial charge in [-0.05, 0) is 23.8 Å². The summed E-state index contributed by atoms with van der Waals surface area (Å²) in [7, 11) is 0. The number of carbonyl (C=O) groups is 1. The van der Waals surface area contributed by atoms with Crippen LogP contribution in [0.1, 0.15) is 11.1 Å². The van der Waals surface area contributed by atoms with Crippen molar-refractivity contribution in [3.63, 3.8) is 0 Å². The zero-order chi connectivity index (χ0) is 17.9. The first-order chi connectivity index (χ1) is 11.9. The lowest BCUT2D eigenvalue weighted by Gasteiger charge is -2.08. The number of rotatable bonds is 4. The highest BCUT2D eigenvalue weighted by atomic mass is 32.1. The highest BCUT2D eigenvalue weighted by Gasteiger charge is 2.30. The van der Waals surface area contributed by atoms with Gasteiger partial charge in [0.1, 0.15) is 5.69 Å². The van der Waals surface area contributed by atoms with Crippen molar-refractivity contribution >= 4 is 22.4 Å². The van der Waals surface area contributed by atoms with Crippen molar-refractivity contribution in [3.8, 4) is 11.4 Å². The van der Waals surface area contributed by atoms with Gasteiger partial charge in [-0.15, -0.1) is 11.3 Å². The average Bonchev–Trinajstić information content (AvgIpc) is 3.03. The molecule has 8 heteroatoms. The number of anilines is 1. The Morgan fingerprint density at radius 3 is 2.68 bits per heavy atom. The van der Waals surface area contributed by atoms with Crippen LogP contribution in [-0.2, 0) is 17.4 Å². The Bertz CT molecular complexity index is 878. The van der Waals surface area contributed by atoms with Crippen molar-refractivity contribution in [2.24, 2.45) is 0 Å². The van der Waals surface area contributed by atoms with E-state index < -0.39 is 17.6 Å². The zero-order valence-corrected chi connectivity index (χ0v) is 13.6. The van der Waals surface area contributed by atoms with Crippen LogP contribution in [0, 0.1) is 0 Å². The monoisotopic (exact) mass is 363 g/mol. The second-order valence-corrected chi connectivity index (χ2v) is 6.03. The molecule has 2 heterocycles. The molecule has 0 radical (unpaired) electrons. The van der Waals surface area contributed by atoms with Crippen molar-refractivity contribution in [2.45, 2.75) is 12.6 Å². The van der Waals surface area contributed by atoms with Crippen LogP contribution >= 0.6 is 11.3 Å². The number of hydrogen-bond acceptors (Lipinski definition) is 4. The molecule has 0 aliphatic heterocycles. The minimum Gasteiger partial charge on any atom is -0.302 e. The van der Waals surface area contributed by atoms with Crippen molar-refractivity contribution in [1.29, 1.82) is 0 Å². The first-order valence-electron chi connectivity index (χ1n) is 7.25. The number of halogens is 3. The van der Waals surface area contributed by atoms with Crippen LogP contribution in [0.15, 0.2) is 54.0 Å². The zero-order valence-electron chi connectivity index (χ0n) is 12.7. The lowest BCUT2D eigenvalue weighted by atomic mass is 10.1. The van der Waals surface area contributed by atoms with E-state index in [2.05, 4.69) is 15.3 Å². The number of aromatic nitrogens is 2. The van der Waals surface area contributed by atoms with E-state index in [9.17, 15) is 18.0 Å². The minimum atomic E-state index is -4.43. The fourth-order valence-electron chi connectivity index (χ4n) is 2.17. The Labute approximate surface area is 145 Å². The summed E-state index contributed by atoms with van der Waals surface area (Å²) < 4.78 is 38.1. The maximum absolute atomic E-state index is 12.7. The lowest BCUT2D eigenvalue weighted by molar-refractivity contribution is -0.137. The Morgan fingerprint density at radius 1 is 1.12 bits per heavy atom. The summed E-state index contributed by atoms with van der Waals surface area (Å²) in [6, 6.07) is 10.1. The van der Waals surface area contributed by atoms with Gasteiger partial charge in [-0.25, -0.2) is 4.98 Å². The first-order valence-corrected chi connectivity index (χ1v) is 8.13. The summed E-state index contributed by atoms with van der Waals surface area (Å²) in [5, 5.41) is 4.72. The maximum Gasteiger partial charge on any atom is 0.416 e. The quantitative estimate of drug-likeness (QED) is 0.747. The van der Waals surface area contributed by atoms with Gasteiger partial charge in [-0.2, -0.15) is 13.2 Å². The van der Waals surface area contributed by atoms with Crippen LogP contribution in [-0.4, -0.2) is 15.9 Å². The van der Waals surface area contributed by atoms with E-state index in [0.29, 0.717) is 16.5 Å². The van der Waals surface area contributed by atoms with E-state index in [1.165, 1.54) is 23.5 Å². The Hall–Kier alpha value is -2.74. The van der Waals surface area contributed by atoms with Crippen LogP contribution in [0.5, 0.6) is 0 Å². The molecule has 25 heavy (non-hydrogen) atoms. The highest BCUT2D eigenvalue weighted by molar-refractivity contribution is 7.14. The number of nitrogens with one attached hydrogen (secondary N) is 1. The van der Waals surface area contributed by atoms with Gasteiger partial charge in [0.2, 0.25) is 5.91 Å². The number of benzene rings is 1. The van der Waals surface area contributed by atoms with Crippen LogP contribution < -0.4 is 5.32 Å². The highest BCUT2D eigenvalue weighted by Crippen LogP contribution is 2.29. The van der Waals surface area contributed by atoms with E-state index in [-0.39, 0.29) is 12.0 Å². The molecular weight excluding hydrogens is 351 g/mol. The van der Waals surface area contributed by atoms with Gasteiger partial charge in [-0.3, -0.25) is 9.78 Å². The third kappa shape index (κ3) is 4.42. The molecule has 3 aromatic rings. The molecule has 1 N–H and O–H groups in total. The van der Waals surface area contributed by atoms with Crippen molar-refractivity contribution in [2.75, 3.05) is 5.32 Å². The molecule has 0 saturated heterocycles. The van der Waals surface area contributed by atoms with Crippen molar-refractivity contribution in [3.05, 3.63) is 65.2 Å². The molecule has 2 aromatic heterocycles. The summed E-state index contributed by atoms with van der Waals surface area (Å²) in [5.41, 5.74) is 0.815. The van der Waals surface area contributed by atoms with E-state index in [0.717, 1.165) is 12.1 Å². The predicted octanol–water partition coefficient (Wildman–Crippen LogP) is 4.41. The molecule has 0 unspecified atom stereocenters. The molecule has 3 rings (SSSR count). The molecule has 1 amide bonds. The molecule has 0 bridgehead atoms. The second-order valence-electron chi connectivity index (χ2n) is 5.18. The Morgan fingerprint density at radius 2 is 1.96 bits per heavy atom. The third-order valence-electron chi connectivity index (χ3n) is 3.30. The van der Waals surface area contributed by atoms with Crippen LogP contribution in [0.4, 0.5) is 18.3 Å². The Balaban J connectivity index is 1.67. The topological polar surface area (TPSA) is 54.9 Å². The molecule has 1 aromatic carbocycles. The molecular formula is C17H12F3N3OS. The summed E-state index contributed by atoms with van der Waals surface area (Å²) in [5.74, 6) is -0.429. The fourth-order valence-corrected chi connectivity index (χ4v) is 2.89. The van der Waals surface area contributed by atoms with Gasteiger partial charge in [0.15, 0.2) is 5.13 Å². The number of amides is 1. The summed E-state index contributed by atoms with van der Waals surface area (Å²) >= 11 is 1.23. The number of thiazole rings is 1. The van der Waals surface area contributed by atoms with Gasteiger partial charge >= 0.3 is 6.18 Å². The number of carbonyl (C=O) groups excluding carboxylic acids is 1. The average molecular weight is 363 g/mol. The second kappa shape index (κ2) is 7.02. The smallest absolute Gasteiger partial charge is 0.302 e. The Kier molecular flexibility index (Phi) is 4.80. The van der Waals surface area contributed by atoms with Crippen molar-refractivity contribution in [1.82, 2.24) is 9.97 Å². The van der Waals surface area contributed by atoms with Crippen LogP contribution in [0.3, 0.4) is 0 Å². The molecule has 0 saturated carbocycles. The van der Waals surface area contributed by atoms with Crippen LogP contribution in [0.2, 0.25) is 0 Å². The van der Waals surface area contributed by atoms with Gasteiger partial charge < -0.3 is 5.32 Å². The van der Waals surface area contributed by atoms with Gasteiger partial charge in [0.25, 0.3) is 0 Å². The van der Waals surface area contributed by atoms with Crippen LogP contribution in [0.25, 0.3) is 11.4 Å². The van der Waals surface area contributed by atoms with E-state index in [1.807, 2.05) is 6.07 Å². The molecule has 4 nitrogen and oxygen atoms in total. The summed E-state index contributed by atoms with van der Waals surface area (Å²) in [4.78, 5) is 20.5. The molecule has 0 aliphatic rings. The molecule has 128 valence electrons. The summed E-state index contributed by atoms with van der Waals surface area (Å²) in [6.07, 6.45) is -2.96. The molecule has 0 aliphatic carbocycles. The SMILES string of the molecule is O=C(Cc1cccc(C(F)(F)F)c1)Nc1nc(-c2ccccn2)cs1. The van der Waals surface area contributed by atoms with Gasteiger partial charge in [-0.1, -0.05) is 24.3 Å². The van der Waals surface area contributed by atoms with E-state index in [4.69, 9.17) is 0 Å².